The van der Waals surface area contributed by atoms with Crippen molar-refractivity contribution < 1.29 is 9.53 Å². The molecule has 0 aromatic carbocycles. The Morgan fingerprint density at radius 1 is 1.33 bits per heavy atom. The molecule has 140 valence electrons. The lowest BCUT2D eigenvalue weighted by Gasteiger charge is -2.07. The summed E-state index contributed by atoms with van der Waals surface area (Å²) in [5, 5.41) is 8.66. The Bertz CT molecular complexity index is 997. The average molecular weight is 405 g/mol. The number of amides is 1. The molecule has 1 fully saturated rings. The van der Waals surface area contributed by atoms with Gasteiger partial charge < -0.3 is 4.74 Å². The SMILES string of the molecule is Cc1nn(C)cc1SNC(=O)c1ccc(-n2ccc(OC3CC3)n2)nc1Cl. The number of hydrogen-bond donors (Lipinski definition) is 1. The van der Waals surface area contributed by atoms with Gasteiger partial charge in [0.1, 0.15) is 11.3 Å². The summed E-state index contributed by atoms with van der Waals surface area (Å²) in [5.74, 6) is 0.740. The summed E-state index contributed by atoms with van der Waals surface area (Å²) in [6.07, 6.45) is 5.99. The van der Waals surface area contributed by atoms with E-state index in [9.17, 15) is 4.79 Å². The molecule has 0 atom stereocenters. The van der Waals surface area contributed by atoms with Gasteiger partial charge in [-0.15, -0.1) is 5.10 Å². The van der Waals surface area contributed by atoms with Crippen molar-refractivity contribution in [3.05, 3.63) is 47.0 Å². The van der Waals surface area contributed by atoms with E-state index < -0.39 is 0 Å². The zero-order chi connectivity index (χ0) is 19.0. The lowest BCUT2D eigenvalue weighted by Crippen LogP contribution is -2.17. The van der Waals surface area contributed by atoms with Gasteiger partial charge in [0.15, 0.2) is 5.82 Å². The standard InChI is InChI=1S/C17H17ClN6O2S/c1-10-13(9-23(2)20-10)27-22-17(25)12-5-6-14(19-16(12)18)24-8-7-15(21-24)26-11-3-4-11/h5-9,11H,3-4H2,1-2H3,(H,22,25). The first kappa shape index (κ1) is 17.9. The van der Waals surface area contributed by atoms with Gasteiger partial charge in [-0.1, -0.05) is 11.6 Å². The van der Waals surface area contributed by atoms with Crippen molar-refractivity contribution >= 4 is 29.5 Å². The van der Waals surface area contributed by atoms with Crippen LogP contribution >= 0.6 is 23.5 Å². The molecule has 0 spiro atoms. The van der Waals surface area contributed by atoms with Gasteiger partial charge in [-0.25, -0.2) is 9.67 Å². The average Bonchev–Trinajstić information content (AvgIpc) is 3.21. The number of pyridine rings is 1. The second kappa shape index (κ2) is 7.24. The number of ether oxygens (including phenoxy) is 1. The molecule has 4 rings (SSSR count). The molecule has 0 bridgehead atoms. The van der Waals surface area contributed by atoms with Gasteiger partial charge in [0.25, 0.3) is 5.91 Å². The summed E-state index contributed by atoms with van der Waals surface area (Å²) in [7, 11) is 1.83. The molecule has 3 aromatic rings. The second-order valence-electron chi connectivity index (χ2n) is 6.21. The summed E-state index contributed by atoms with van der Waals surface area (Å²) < 4.78 is 11.7. The normalized spacial score (nSPS) is 13.6. The third-order valence-electron chi connectivity index (χ3n) is 3.91. The van der Waals surface area contributed by atoms with Gasteiger partial charge in [0.05, 0.1) is 16.2 Å². The highest BCUT2D eigenvalue weighted by molar-refractivity contribution is 7.98. The number of nitrogens with one attached hydrogen (secondary N) is 1. The van der Waals surface area contributed by atoms with E-state index in [4.69, 9.17) is 16.3 Å². The van der Waals surface area contributed by atoms with Crippen LogP contribution in [0.2, 0.25) is 5.15 Å². The highest BCUT2D eigenvalue weighted by Gasteiger charge is 2.24. The molecule has 1 aliphatic carbocycles. The molecule has 27 heavy (non-hydrogen) atoms. The van der Waals surface area contributed by atoms with Crippen LogP contribution in [0.1, 0.15) is 28.9 Å². The lowest BCUT2D eigenvalue weighted by molar-refractivity contribution is 0.0984. The topological polar surface area (TPSA) is 86.9 Å². The first-order valence-electron chi connectivity index (χ1n) is 8.36. The molecule has 1 amide bonds. The van der Waals surface area contributed by atoms with E-state index in [1.54, 1.807) is 33.8 Å². The van der Waals surface area contributed by atoms with E-state index in [1.807, 2.05) is 20.2 Å². The number of hydrogen-bond acceptors (Lipinski definition) is 6. The van der Waals surface area contributed by atoms with Gasteiger partial charge in [0, 0.05) is 25.5 Å². The van der Waals surface area contributed by atoms with Crippen LogP contribution in [0.25, 0.3) is 5.82 Å². The van der Waals surface area contributed by atoms with Crippen LogP contribution in [0, 0.1) is 6.92 Å². The summed E-state index contributed by atoms with van der Waals surface area (Å²) >= 11 is 7.41. The smallest absolute Gasteiger partial charge is 0.264 e. The summed E-state index contributed by atoms with van der Waals surface area (Å²) in [5.41, 5.74) is 1.13. The Hall–Kier alpha value is -2.52. The molecule has 0 unspecified atom stereocenters. The van der Waals surface area contributed by atoms with Crippen molar-refractivity contribution in [3.63, 3.8) is 0 Å². The minimum atomic E-state index is -0.328. The predicted molar refractivity (Wildman–Crippen MR) is 101 cm³/mol. The van der Waals surface area contributed by atoms with Gasteiger partial charge >= 0.3 is 0 Å². The molecule has 0 aliphatic heterocycles. The van der Waals surface area contributed by atoms with Crippen molar-refractivity contribution in [1.82, 2.24) is 29.3 Å². The fourth-order valence-corrected chi connectivity index (χ4v) is 3.35. The van der Waals surface area contributed by atoms with Crippen molar-refractivity contribution in [2.75, 3.05) is 0 Å². The Kier molecular flexibility index (Phi) is 4.79. The molecule has 1 N–H and O–H groups in total. The molecule has 0 radical (unpaired) electrons. The van der Waals surface area contributed by atoms with Crippen LogP contribution in [0.15, 0.2) is 35.5 Å². The van der Waals surface area contributed by atoms with Gasteiger partial charge in [-0.3, -0.25) is 14.2 Å². The number of carbonyl (C=O) groups excluding carboxylic acids is 1. The highest BCUT2D eigenvalue weighted by atomic mass is 35.5. The van der Waals surface area contributed by atoms with E-state index in [0.29, 0.717) is 11.7 Å². The van der Waals surface area contributed by atoms with Crippen molar-refractivity contribution in [2.45, 2.75) is 30.8 Å². The number of rotatable bonds is 6. The molecule has 3 heterocycles. The first-order chi connectivity index (χ1) is 13.0. The van der Waals surface area contributed by atoms with Crippen LogP contribution in [0.3, 0.4) is 0 Å². The number of carbonyl (C=O) groups is 1. The summed E-state index contributed by atoms with van der Waals surface area (Å²) in [6, 6.07) is 5.09. The minimum Gasteiger partial charge on any atom is -0.473 e. The van der Waals surface area contributed by atoms with Crippen molar-refractivity contribution in [2.24, 2.45) is 7.05 Å². The highest BCUT2D eigenvalue weighted by Crippen LogP contribution is 2.26. The van der Waals surface area contributed by atoms with Gasteiger partial charge in [-0.05, 0) is 43.8 Å². The largest absolute Gasteiger partial charge is 0.473 e. The van der Waals surface area contributed by atoms with Crippen LogP contribution in [-0.2, 0) is 7.05 Å². The van der Waals surface area contributed by atoms with E-state index >= 15 is 0 Å². The Balaban J connectivity index is 1.45. The van der Waals surface area contributed by atoms with Crippen LogP contribution < -0.4 is 9.46 Å². The molecule has 1 aliphatic rings. The molecular weight excluding hydrogens is 388 g/mol. The number of aromatic nitrogens is 5. The summed E-state index contributed by atoms with van der Waals surface area (Å²) in [4.78, 5) is 17.6. The Morgan fingerprint density at radius 3 is 2.81 bits per heavy atom. The predicted octanol–water partition coefficient (Wildman–Crippen LogP) is 2.94. The maximum absolute atomic E-state index is 12.4. The lowest BCUT2D eigenvalue weighted by atomic mass is 10.3. The zero-order valence-electron chi connectivity index (χ0n) is 14.7. The Labute approximate surface area is 165 Å². The summed E-state index contributed by atoms with van der Waals surface area (Å²) in [6.45, 7) is 1.88. The number of nitrogens with zero attached hydrogens (tertiary/aromatic N) is 5. The fraction of sp³-hybridized carbons (Fsp3) is 0.294. The third kappa shape index (κ3) is 4.09. The number of halogens is 1. The van der Waals surface area contributed by atoms with Crippen molar-refractivity contribution in [3.8, 4) is 11.7 Å². The monoisotopic (exact) mass is 404 g/mol. The Morgan fingerprint density at radius 2 is 2.15 bits per heavy atom. The first-order valence-corrected chi connectivity index (χ1v) is 9.56. The van der Waals surface area contributed by atoms with Crippen LogP contribution in [-0.4, -0.2) is 36.6 Å². The molecule has 10 heteroatoms. The zero-order valence-corrected chi connectivity index (χ0v) is 16.3. The molecule has 1 saturated carbocycles. The van der Waals surface area contributed by atoms with E-state index in [0.717, 1.165) is 23.4 Å². The van der Waals surface area contributed by atoms with Crippen molar-refractivity contribution in [1.29, 1.82) is 0 Å². The second-order valence-corrected chi connectivity index (χ2v) is 7.42. The number of aryl methyl sites for hydroxylation is 2. The molecule has 3 aromatic heterocycles. The van der Waals surface area contributed by atoms with Gasteiger partial charge in [0.2, 0.25) is 5.88 Å². The quantitative estimate of drug-likeness (QED) is 0.502. The van der Waals surface area contributed by atoms with E-state index in [-0.39, 0.29) is 22.7 Å². The third-order valence-corrected chi connectivity index (χ3v) is 5.11. The maximum Gasteiger partial charge on any atom is 0.264 e. The maximum atomic E-state index is 12.4. The van der Waals surface area contributed by atoms with E-state index in [2.05, 4.69) is 19.9 Å². The molecular formula is C17H17ClN6O2S. The minimum absolute atomic E-state index is 0.105. The fourth-order valence-electron chi connectivity index (χ4n) is 2.41. The van der Waals surface area contributed by atoms with Gasteiger partial charge in [-0.2, -0.15) is 5.10 Å². The van der Waals surface area contributed by atoms with Crippen LogP contribution in [0.4, 0.5) is 0 Å². The molecule has 8 nitrogen and oxygen atoms in total. The molecule has 0 saturated heterocycles. The van der Waals surface area contributed by atoms with Crippen LogP contribution in [0.5, 0.6) is 5.88 Å². The van der Waals surface area contributed by atoms with E-state index in [1.165, 1.54) is 11.9 Å².